The van der Waals surface area contributed by atoms with Crippen LogP contribution >= 0.6 is 23.2 Å². The number of carbonyl (C=O) groups excluding carboxylic acids is 1. The predicted molar refractivity (Wildman–Crippen MR) is 181 cm³/mol. The highest BCUT2D eigenvalue weighted by Crippen LogP contribution is 2.44. The van der Waals surface area contributed by atoms with Crippen molar-refractivity contribution < 1.29 is 4.79 Å². The summed E-state index contributed by atoms with van der Waals surface area (Å²) in [6.07, 6.45) is 0. The Morgan fingerprint density at radius 3 is 1.82 bits per heavy atom. The minimum absolute atomic E-state index is 0.276. The molecule has 8 heteroatoms. The number of carbonyl (C=O) groups is 1. The Balaban J connectivity index is 1.54. The summed E-state index contributed by atoms with van der Waals surface area (Å²) in [5.41, 5.74) is 4.64. The standard InChI is InChI=1S/C37H26Cl2N4O2/c38-26-21-22-29(30(39)23-26)31(32-34(24-13-5-1-6-14-24)40-42(36(32)44)27-17-9-3-10-18-27)33-35(25-15-7-2-8-16-25)41-43(37(33)45)28-19-11-4-12-20-28/h1-23,31-32,41H. The summed E-state index contributed by atoms with van der Waals surface area (Å²) in [6.45, 7) is 0. The van der Waals surface area contributed by atoms with Gasteiger partial charge < -0.3 is 0 Å². The number of rotatable bonds is 7. The lowest BCUT2D eigenvalue weighted by Crippen LogP contribution is -2.35. The predicted octanol–water partition coefficient (Wildman–Crippen LogP) is 8.34. The molecular formula is C37H26Cl2N4O2. The number of anilines is 1. The summed E-state index contributed by atoms with van der Waals surface area (Å²) in [7, 11) is 0. The van der Waals surface area contributed by atoms with Gasteiger partial charge in [-0.15, -0.1) is 0 Å². The van der Waals surface area contributed by atoms with Crippen molar-refractivity contribution >= 4 is 40.5 Å². The van der Waals surface area contributed by atoms with Crippen LogP contribution < -0.4 is 10.6 Å². The molecule has 0 saturated carbocycles. The fourth-order valence-corrected chi connectivity index (χ4v) is 6.47. The van der Waals surface area contributed by atoms with E-state index >= 15 is 0 Å². The minimum Gasteiger partial charge on any atom is -0.290 e. The smallest absolute Gasteiger partial charge is 0.275 e. The Morgan fingerprint density at radius 2 is 1.22 bits per heavy atom. The van der Waals surface area contributed by atoms with E-state index in [1.807, 2.05) is 121 Å². The molecule has 2 atom stereocenters. The van der Waals surface area contributed by atoms with Gasteiger partial charge in [0.05, 0.1) is 34.3 Å². The first-order valence-electron chi connectivity index (χ1n) is 14.4. The molecule has 1 N–H and O–H groups in total. The number of halogens is 2. The molecule has 1 aliphatic heterocycles. The summed E-state index contributed by atoms with van der Waals surface area (Å²) < 4.78 is 1.52. The van der Waals surface area contributed by atoms with E-state index in [4.69, 9.17) is 28.3 Å². The number of para-hydroxylation sites is 2. The van der Waals surface area contributed by atoms with Crippen molar-refractivity contribution in [3.63, 3.8) is 0 Å². The van der Waals surface area contributed by atoms with Crippen molar-refractivity contribution in [1.29, 1.82) is 0 Å². The SMILES string of the molecule is O=C1C(C(c2ccc(Cl)cc2Cl)c2c(-c3ccccc3)[nH]n(-c3ccccc3)c2=O)C(c2ccccc2)=NN1c1ccccc1. The summed E-state index contributed by atoms with van der Waals surface area (Å²) >= 11 is 13.3. The number of aromatic nitrogens is 2. The molecule has 220 valence electrons. The zero-order valence-electron chi connectivity index (χ0n) is 23.8. The molecule has 0 saturated heterocycles. The maximum absolute atomic E-state index is 14.7. The lowest BCUT2D eigenvalue weighted by Gasteiger charge is -2.25. The van der Waals surface area contributed by atoms with Gasteiger partial charge in [-0.3, -0.25) is 14.7 Å². The van der Waals surface area contributed by atoms with Crippen molar-refractivity contribution in [2.45, 2.75) is 5.92 Å². The van der Waals surface area contributed by atoms with Gasteiger partial charge in [0, 0.05) is 16.0 Å². The van der Waals surface area contributed by atoms with E-state index in [-0.39, 0.29) is 11.5 Å². The van der Waals surface area contributed by atoms with Gasteiger partial charge in [-0.1, -0.05) is 126 Å². The summed E-state index contributed by atoms with van der Waals surface area (Å²) in [5.74, 6) is -2.01. The van der Waals surface area contributed by atoms with Crippen LogP contribution in [0.4, 0.5) is 5.69 Å². The van der Waals surface area contributed by atoms with Crippen LogP contribution in [-0.2, 0) is 4.79 Å². The Morgan fingerprint density at radius 1 is 0.667 bits per heavy atom. The molecule has 5 aromatic carbocycles. The number of H-pyrrole nitrogens is 1. The molecular weight excluding hydrogens is 603 g/mol. The lowest BCUT2D eigenvalue weighted by molar-refractivity contribution is -0.120. The zero-order valence-corrected chi connectivity index (χ0v) is 25.4. The fourth-order valence-electron chi connectivity index (χ4n) is 5.95. The molecule has 7 rings (SSSR count). The van der Waals surface area contributed by atoms with Crippen LogP contribution in [0, 0.1) is 5.92 Å². The van der Waals surface area contributed by atoms with Crippen LogP contribution in [0.1, 0.15) is 22.6 Å². The minimum atomic E-state index is -0.901. The maximum Gasteiger partial charge on any atom is 0.275 e. The first-order valence-corrected chi connectivity index (χ1v) is 15.2. The molecule has 6 nitrogen and oxygen atoms in total. The number of benzene rings is 5. The van der Waals surface area contributed by atoms with Crippen molar-refractivity contribution in [1.82, 2.24) is 9.78 Å². The summed E-state index contributed by atoms with van der Waals surface area (Å²) in [6, 6.07) is 43.0. The monoisotopic (exact) mass is 628 g/mol. The van der Waals surface area contributed by atoms with Crippen LogP contribution in [-0.4, -0.2) is 21.4 Å². The Labute approximate surface area is 269 Å². The van der Waals surface area contributed by atoms with E-state index in [0.29, 0.717) is 44.0 Å². The molecule has 6 aromatic rings. The van der Waals surface area contributed by atoms with E-state index in [1.54, 1.807) is 18.2 Å². The van der Waals surface area contributed by atoms with E-state index in [2.05, 4.69) is 5.10 Å². The Bertz CT molecular complexity index is 2080. The van der Waals surface area contributed by atoms with E-state index in [0.717, 1.165) is 11.1 Å². The third-order valence-corrected chi connectivity index (χ3v) is 8.56. The van der Waals surface area contributed by atoms with Gasteiger partial charge in [-0.05, 0) is 53.1 Å². The largest absolute Gasteiger partial charge is 0.290 e. The molecule has 1 aromatic heterocycles. The Hall–Kier alpha value is -5.17. The van der Waals surface area contributed by atoms with Crippen molar-refractivity contribution in [3.05, 3.63) is 177 Å². The third-order valence-electron chi connectivity index (χ3n) is 7.99. The number of hydrazone groups is 1. The second kappa shape index (κ2) is 12.1. The number of hydrogen-bond acceptors (Lipinski definition) is 3. The topological polar surface area (TPSA) is 70.5 Å². The molecule has 0 aliphatic carbocycles. The molecule has 1 aliphatic rings. The lowest BCUT2D eigenvalue weighted by atomic mass is 9.76. The maximum atomic E-state index is 14.7. The molecule has 0 radical (unpaired) electrons. The van der Waals surface area contributed by atoms with Crippen molar-refractivity contribution in [2.75, 3.05) is 5.01 Å². The molecule has 2 unspecified atom stereocenters. The highest BCUT2D eigenvalue weighted by atomic mass is 35.5. The summed E-state index contributed by atoms with van der Waals surface area (Å²) in [5, 5.41) is 10.5. The van der Waals surface area contributed by atoms with Gasteiger partial charge >= 0.3 is 0 Å². The van der Waals surface area contributed by atoms with Crippen LogP contribution in [0.5, 0.6) is 0 Å². The third kappa shape index (κ3) is 5.29. The number of hydrogen-bond donors (Lipinski definition) is 1. The number of nitrogens with one attached hydrogen (secondary N) is 1. The molecule has 1 amide bonds. The van der Waals surface area contributed by atoms with Gasteiger partial charge in [0.2, 0.25) is 0 Å². The Kier molecular flexibility index (Phi) is 7.67. The average Bonchev–Trinajstić information content (AvgIpc) is 3.61. The summed E-state index contributed by atoms with van der Waals surface area (Å²) in [4.78, 5) is 29.4. The van der Waals surface area contributed by atoms with Crippen LogP contribution in [0.3, 0.4) is 0 Å². The second-order valence-electron chi connectivity index (χ2n) is 10.7. The molecule has 0 bridgehead atoms. The van der Waals surface area contributed by atoms with Crippen molar-refractivity contribution in [2.24, 2.45) is 11.0 Å². The van der Waals surface area contributed by atoms with Gasteiger partial charge in [0.25, 0.3) is 11.5 Å². The molecule has 45 heavy (non-hydrogen) atoms. The number of nitrogens with zero attached hydrogens (tertiary/aromatic N) is 3. The second-order valence-corrected chi connectivity index (χ2v) is 11.5. The van der Waals surface area contributed by atoms with Crippen LogP contribution in [0.25, 0.3) is 16.9 Å². The quantitative estimate of drug-likeness (QED) is 0.193. The van der Waals surface area contributed by atoms with Gasteiger partial charge in [0.15, 0.2) is 0 Å². The zero-order chi connectivity index (χ0) is 30.9. The van der Waals surface area contributed by atoms with Crippen molar-refractivity contribution in [3.8, 4) is 16.9 Å². The highest BCUT2D eigenvalue weighted by molar-refractivity contribution is 6.35. The average molecular weight is 630 g/mol. The van der Waals surface area contributed by atoms with Gasteiger partial charge in [-0.25, -0.2) is 4.68 Å². The van der Waals surface area contributed by atoms with E-state index in [1.165, 1.54) is 9.69 Å². The first kappa shape index (κ1) is 28.6. The first-order chi connectivity index (χ1) is 22.0. The van der Waals surface area contributed by atoms with E-state index in [9.17, 15) is 9.59 Å². The highest BCUT2D eigenvalue weighted by Gasteiger charge is 2.46. The molecule has 0 fully saturated rings. The van der Waals surface area contributed by atoms with Crippen LogP contribution in [0.2, 0.25) is 10.0 Å². The van der Waals surface area contributed by atoms with Crippen LogP contribution in [0.15, 0.2) is 149 Å². The molecule has 0 spiro atoms. The van der Waals surface area contributed by atoms with Gasteiger partial charge in [-0.2, -0.15) is 10.1 Å². The fraction of sp³-hybridized carbons (Fsp3) is 0.0541. The number of aromatic amines is 1. The van der Waals surface area contributed by atoms with Gasteiger partial charge in [0.1, 0.15) is 0 Å². The van der Waals surface area contributed by atoms with E-state index < -0.39 is 11.8 Å². The number of amides is 1. The normalized spacial score (nSPS) is 15.2. The molecule has 2 heterocycles.